The highest BCUT2D eigenvalue weighted by atomic mass is 32.2. The van der Waals surface area contributed by atoms with Crippen molar-refractivity contribution in [2.45, 2.75) is 11.8 Å². The van der Waals surface area contributed by atoms with Crippen molar-refractivity contribution in [3.8, 4) is 0 Å². The molecular formula is C14H16N4O4S2. The summed E-state index contributed by atoms with van der Waals surface area (Å²) in [5, 5.41) is 13.7. The number of thiazole rings is 1. The summed E-state index contributed by atoms with van der Waals surface area (Å²) in [7, 11) is -3.76. The largest absolute Gasteiger partial charge is 0.345 e. The van der Waals surface area contributed by atoms with E-state index in [1.807, 2.05) is 10.3 Å². The third-order valence-corrected chi connectivity index (χ3v) is 6.80. The van der Waals surface area contributed by atoms with Gasteiger partial charge in [0.2, 0.25) is 10.0 Å². The number of aromatic nitrogens is 1. The van der Waals surface area contributed by atoms with Gasteiger partial charge in [-0.2, -0.15) is 4.31 Å². The molecule has 1 saturated heterocycles. The summed E-state index contributed by atoms with van der Waals surface area (Å²) in [5.41, 5.74) is 0.281. The highest BCUT2D eigenvalue weighted by molar-refractivity contribution is 7.89. The number of piperazine rings is 1. The highest BCUT2D eigenvalue weighted by Gasteiger charge is 2.31. The Morgan fingerprint density at radius 3 is 2.54 bits per heavy atom. The van der Waals surface area contributed by atoms with Crippen LogP contribution in [0.2, 0.25) is 0 Å². The second-order valence-corrected chi connectivity index (χ2v) is 8.19. The zero-order chi connectivity index (χ0) is 17.3. The molecule has 0 radical (unpaired) electrons. The number of non-ortho nitro benzene ring substituents is 1. The number of aryl methyl sites for hydroxylation is 1. The monoisotopic (exact) mass is 368 g/mol. The van der Waals surface area contributed by atoms with Gasteiger partial charge in [0.1, 0.15) is 0 Å². The van der Waals surface area contributed by atoms with Crippen molar-refractivity contribution in [1.29, 1.82) is 0 Å². The lowest BCUT2D eigenvalue weighted by Gasteiger charge is -2.34. The second-order valence-electron chi connectivity index (χ2n) is 5.41. The first-order chi connectivity index (χ1) is 11.4. The first-order valence-corrected chi connectivity index (χ1v) is 9.61. The molecule has 24 heavy (non-hydrogen) atoms. The van der Waals surface area contributed by atoms with Crippen molar-refractivity contribution in [1.82, 2.24) is 9.29 Å². The van der Waals surface area contributed by atoms with Crippen LogP contribution < -0.4 is 4.90 Å². The third kappa shape index (κ3) is 3.12. The third-order valence-electron chi connectivity index (χ3n) is 3.93. The Hall–Kier alpha value is -2.04. The number of benzene rings is 1. The summed E-state index contributed by atoms with van der Waals surface area (Å²) in [6, 6.07) is 3.92. The fourth-order valence-electron chi connectivity index (χ4n) is 2.61. The highest BCUT2D eigenvalue weighted by Crippen LogP contribution is 2.26. The Balaban J connectivity index is 1.82. The molecule has 0 aliphatic carbocycles. The van der Waals surface area contributed by atoms with Crippen LogP contribution in [0, 0.1) is 17.0 Å². The minimum Gasteiger partial charge on any atom is -0.345 e. The fourth-order valence-corrected chi connectivity index (χ4v) is 4.97. The van der Waals surface area contributed by atoms with Gasteiger partial charge in [0, 0.05) is 49.9 Å². The molecule has 3 rings (SSSR count). The molecule has 0 bridgehead atoms. The van der Waals surface area contributed by atoms with E-state index >= 15 is 0 Å². The second kappa shape index (κ2) is 6.46. The molecule has 1 aliphatic rings. The first-order valence-electron chi connectivity index (χ1n) is 7.29. The average molecular weight is 368 g/mol. The Morgan fingerprint density at radius 2 is 1.96 bits per heavy atom. The van der Waals surface area contributed by atoms with Gasteiger partial charge in [0.15, 0.2) is 5.13 Å². The maximum absolute atomic E-state index is 12.8. The smallest absolute Gasteiger partial charge is 0.270 e. The van der Waals surface area contributed by atoms with Gasteiger partial charge in [-0.1, -0.05) is 6.07 Å². The van der Waals surface area contributed by atoms with E-state index in [-0.39, 0.29) is 10.6 Å². The van der Waals surface area contributed by atoms with Crippen LogP contribution in [0.1, 0.15) is 5.56 Å². The summed E-state index contributed by atoms with van der Waals surface area (Å²) in [6.45, 7) is 3.37. The van der Waals surface area contributed by atoms with Gasteiger partial charge in [-0.25, -0.2) is 13.4 Å². The molecule has 128 valence electrons. The van der Waals surface area contributed by atoms with E-state index in [0.717, 1.165) is 11.2 Å². The molecule has 0 spiro atoms. The normalized spacial score (nSPS) is 16.3. The Kier molecular flexibility index (Phi) is 4.52. The lowest BCUT2D eigenvalue weighted by atomic mass is 10.2. The molecule has 0 N–H and O–H groups in total. The number of nitrogens with zero attached hydrogens (tertiary/aromatic N) is 4. The summed E-state index contributed by atoms with van der Waals surface area (Å²) >= 11 is 1.51. The average Bonchev–Trinajstić information content (AvgIpc) is 3.09. The van der Waals surface area contributed by atoms with Crippen LogP contribution in [0.25, 0.3) is 0 Å². The van der Waals surface area contributed by atoms with E-state index in [2.05, 4.69) is 4.98 Å². The number of sulfonamides is 1. The molecule has 8 nitrogen and oxygen atoms in total. The van der Waals surface area contributed by atoms with Crippen LogP contribution in [0.3, 0.4) is 0 Å². The molecule has 1 fully saturated rings. The molecule has 1 aliphatic heterocycles. The maximum atomic E-state index is 12.8. The summed E-state index contributed by atoms with van der Waals surface area (Å²) in [4.78, 5) is 16.6. The van der Waals surface area contributed by atoms with Crippen molar-refractivity contribution >= 4 is 32.2 Å². The molecule has 2 aromatic rings. The van der Waals surface area contributed by atoms with Gasteiger partial charge in [-0.3, -0.25) is 10.1 Å². The number of hydrogen-bond donors (Lipinski definition) is 0. The van der Waals surface area contributed by atoms with Crippen molar-refractivity contribution in [2.24, 2.45) is 0 Å². The van der Waals surface area contributed by atoms with E-state index in [1.54, 1.807) is 13.1 Å². The standard InChI is InChI=1S/C14H16N4O4S2/c1-11-2-3-12(18(19)20)10-13(11)24(21,22)17-7-5-16(6-8-17)14-15-4-9-23-14/h2-4,9-10H,5-8H2,1H3. The van der Waals surface area contributed by atoms with Gasteiger partial charge in [0.05, 0.1) is 9.82 Å². The first kappa shape index (κ1) is 16.8. The molecule has 1 aromatic heterocycles. The molecule has 0 amide bonds. The number of hydrogen-bond acceptors (Lipinski definition) is 7. The lowest BCUT2D eigenvalue weighted by Crippen LogP contribution is -2.48. The molecule has 2 heterocycles. The molecule has 10 heteroatoms. The van der Waals surface area contributed by atoms with Crippen LogP contribution in [0.15, 0.2) is 34.7 Å². The summed E-state index contributed by atoms with van der Waals surface area (Å²) in [6.07, 6.45) is 1.72. The minimum absolute atomic E-state index is 0.000557. The summed E-state index contributed by atoms with van der Waals surface area (Å²) in [5.74, 6) is 0. The minimum atomic E-state index is -3.76. The Labute approximate surface area is 143 Å². The van der Waals surface area contributed by atoms with Gasteiger partial charge >= 0.3 is 0 Å². The van der Waals surface area contributed by atoms with Crippen LogP contribution in [-0.4, -0.2) is 48.8 Å². The fraction of sp³-hybridized carbons (Fsp3) is 0.357. The van der Waals surface area contributed by atoms with Gasteiger partial charge in [-0.15, -0.1) is 11.3 Å². The van der Waals surface area contributed by atoms with E-state index < -0.39 is 14.9 Å². The zero-order valence-electron chi connectivity index (χ0n) is 13.0. The molecule has 1 aromatic carbocycles. The van der Waals surface area contributed by atoms with Gasteiger partial charge in [-0.05, 0) is 12.5 Å². The van der Waals surface area contributed by atoms with E-state index in [1.165, 1.54) is 27.8 Å². The van der Waals surface area contributed by atoms with Crippen LogP contribution in [0.4, 0.5) is 10.8 Å². The van der Waals surface area contributed by atoms with Crippen LogP contribution >= 0.6 is 11.3 Å². The van der Waals surface area contributed by atoms with Crippen LogP contribution in [0.5, 0.6) is 0 Å². The lowest BCUT2D eigenvalue weighted by molar-refractivity contribution is -0.385. The quantitative estimate of drug-likeness (QED) is 0.604. The maximum Gasteiger partial charge on any atom is 0.270 e. The Bertz CT molecular complexity index is 844. The van der Waals surface area contributed by atoms with Crippen molar-refractivity contribution in [3.05, 3.63) is 45.5 Å². The SMILES string of the molecule is Cc1ccc([N+](=O)[O-])cc1S(=O)(=O)N1CCN(c2nccs2)CC1. The molecule has 0 unspecified atom stereocenters. The van der Waals surface area contributed by atoms with Gasteiger partial charge in [0.25, 0.3) is 5.69 Å². The Morgan fingerprint density at radius 1 is 1.25 bits per heavy atom. The summed E-state index contributed by atoms with van der Waals surface area (Å²) < 4.78 is 27.1. The number of rotatable bonds is 4. The molecule has 0 saturated carbocycles. The van der Waals surface area contributed by atoms with Crippen molar-refractivity contribution in [3.63, 3.8) is 0 Å². The van der Waals surface area contributed by atoms with E-state index in [4.69, 9.17) is 0 Å². The molecular weight excluding hydrogens is 352 g/mol. The van der Waals surface area contributed by atoms with Crippen molar-refractivity contribution in [2.75, 3.05) is 31.1 Å². The van der Waals surface area contributed by atoms with E-state index in [9.17, 15) is 18.5 Å². The van der Waals surface area contributed by atoms with E-state index in [0.29, 0.717) is 31.7 Å². The molecule has 0 atom stereocenters. The predicted molar refractivity (Wildman–Crippen MR) is 90.9 cm³/mol. The predicted octanol–water partition coefficient (Wildman–Crippen LogP) is 1.87. The topological polar surface area (TPSA) is 96.6 Å². The number of nitro groups is 1. The van der Waals surface area contributed by atoms with Crippen molar-refractivity contribution < 1.29 is 13.3 Å². The van der Waals surface area contributed by atoms with Gasteiger partial charge < -0.3 is 4.90 Å². The number of anilines is 1. The van der Waals surface area contributed by atoms with Crippen LogP contribution in [-0.2, 0) is 10.0 Å². The number of nitro benzene ring substituents is 1. The zero-order valence-corrected chi connectivity index (χ0v) is 14.6.